The lowest BCUT2D eigenvalue weighted by Gasteiger charge is -2.28. The van der Waals surface area contributed by atoms with E-state index in [4.69, 9.17) is 9.47 Å². The summed E-state index contributed by atoms with van der Waals surface area (Å²) < 4.78 is 11.8. The van der Waals surface area contributed by atoms with E-state index in [2.05, 4.69) is 22.9 Å². The Labute approximate surface area is 276 Å². The molecular weight excluding hydrogens is 586 g/mol. The number of hydrogen-bond acceptors (Lipinski definition) is 7. The van der Waals surface area contributed by atoms with E-state index in [0.717, 1.165) is 31.2 Å². The SMILES string of the molecule is CCCCCCCCCCCCC[C@@H]1OC(=O)[C@H](COCc2ccccc2)NC(=O)[C@H]([C@@H](C)O)NC(=O)[C@H](C(C)C)NC(=O)[C@@H]1C. The molecule has 46 heavy (non-hydrogen) atoms. The van der Waals surface area contributed by atoms with E-state index in [0.29, 0.717) is 6.42 Å². The van der Waals surface area contributed by atoms with Crippen LogP contribution in [0.5, 0.6) is 0 Å². The first-order chi connectivity index (χ1) is 22.0. The number of amides is 3. The van der Waals surface area contributed by atoms with Crippen LogP contribution in [-0.2, 0) is 35.3 Å². The number of esters is 1. The zero-order valence-corrected chi connectivity index (χ0v) is 28.7. The van der Waals surface area contributed by atoms with Crippen LogP contribution in [0.15, 0.2) is 30.3 Å². The number of carbonyl (C=O) groups excluding carboxylic acids is 4. The highest BCUT2D eigenvalue weighted by atomic mass is 16.5. The number of benzene rings is 1. The van der Waals surface area contributed by atoms with Gasteiger partial charge in [-0.05, 0) is 31.2 Å². The molecule has 10 nitrogen and oxygen atoms in total. The third-order valence-electron chi connectivity index (χ3n) is 8.64. The standard InChI is InChI=1S/C36H59N3O7/c1-6-7-8-9-10-11-12-13-14-15-19-22-30-26(4)33(41)38-31(25(2)3)34(42)39-32(27(5)40)35(43)37-29(36(44)46-30)24-45-23-28-20-17-16-18-21-28/h16-18,20-21,25-27,29-32,40H,6-15,19,22-24H2,1-5H3,(H,37,43)(H,38,41)(H,39,42)/t26-,27-,29+,30+,31+,32+/m1/s1. The fraction of sp³-hybridized carbons (Fsp3) is 0.722. The van der Waals surface area contributed by atoms with Crippen molar-refractivity contribution in [1.82, 2.24) is 16.0 Å². The average molecular weight is 646 g/mol. The molecule has 0 aromatic heterocycles. The van der Waals surface area contributed by atoms with Crippen molar-refractivity contribution in [2.45, 2.75) is 149 Å². The molecule has 10 heteroatoms. The number of carbonyl (C=O) groups is 4. The largest absolute Gasteiger partial charge is 0.460 e. The van der Waals surface area contributed by atoms with Crippen molar-refractivity contribution in [2.24, 2.45) is 11.8 Å². The summed E-state index contributed by atoms with van der Waals surface area (Å²) in [5.74, 6) is -3.54. The Morgan fingerprint density at radius 3 is 1.87 bits per heavy atom. The lowest BCUT2D eigenvalue weighted by atomic mass is 9.95. The number of aliphatic hydroxyl groups is 1. The topological polar surface area (TPSA) is 143 Å². The van der Waals surface area contributed by atoms with Crippen molar-refractivity contribution in [3.8, 4) is 0 Å². The lowest BCUT2D eigenvalue weighted by molar-refractivity contribution is -0.159. The molecule has 1 aliphatic rings. The van der Waals surface area contributed by atoms with Gasteiger partial charge in [0.05, 0.1) is 25.2 Å². The summed E-state index contributed by atoms with van der Waals surface area (Å²) >= 11 is 0. The Morgan fingerprint density at radius 2 is 1.30 bits per heavy atom. The minimum absolute atomic E-state index is 0.194. The molecule has 0 unspecified atom stereocenters. The first-order valence-corrected chi connectivity index (χ1v) is 17.5. The summed E-state index contributed by atoms with van der Waals surface area (Å²) in [5.41, 5.74) is 0.889. The van der Waals surface area contributed by atoms with Crippen LogP contribution < -0.4 is 16.0 Å². The molecule has 1 heterocycles. The molecule has 1 aliphatic heterocycles. The highest BCUT2D eigenvalue weighted by Crippen LogP contribution is 2.20. The number of ether oxygens (including phenoxy) is 2. The number of nitrogens with one attached hydrogen (secondary N) is 3. The van der Waals surface area contributed by atoms with Gasteiger partial charge in [0.15, 0.2) is 6.04 Å². The van der Waals surface area contributed by atoms with E-state index in [1.165, 1.54) is 51.9 Å². The van der Waals surface area contributed by atoms with Crippen molar-refractivity contribution in [1.29, 1.82) is 0 Å². The molecule has 1 saturated heterocycles. The Morgan fingerprint density at radius 1 is 0.761 bits per heavy atom. The van der Waals surface area contributed by atoms with Crippen molar-refractivity contribution in [3.05, 3.63) is 35.9 Å². The maximum atomic E-state index is 13.6. The second kappa shape index (κ2) is 21.7. The summed E-state index contributed by atoms with van der Waals surface area (Å²) in [6.07, 6.45) is 11.3. The van der Waals surface area contributed by atoms with E-state index >= 15 is 0 Å². The molecule has 0 saturated carbocycles. The number of hydrogen-bond donors (Lipinski definition) is 4. The van der Waals surface area contributed by atoms with Crippen molar-refractivity contribution in [2.75, 3.05) is 6.61 Å². The zero-order chi connectivity index (χ0) is 33.9. The molecule has 1 fully saturated rings. The highest BCUT2D eigenvalue weighted by Gasteiger charge is 2.37. The van der Waals surface area contributed by atoms with Gasteiger partial charge < -0.3 is 30.5 Å². The molecule has 3 amide bonds. The van der Waals surface area contributed by atoms with Crippen molar-refractivity contribution < 1.29 is 33.8 Å². The zero-order valence-electron chi connectivity index (χ0n) is 28.7. The first-order valence-electron chi connectivity index (χ1n) is 17.5. The minimum Gasteiger partial charge on any atom is -0.460 e. The maximum Gasteiger partial charge on any atom is 0.331 e. The minimum atomic E-state index is -1.36. The maximum absolute atomic E-state index is 13.6. The van der Waals surface area contributed by atoms with Crippen molar-refractivity contribution in [3.63, 3.8) is 0 Å². The number of rotatable bonds is 18. The molecule has 2 rings (SSSR count). The number of cyclic esters (lactones) is 1. The van der Waals surface area contributed by atoms with Crippen molar-refractivity contribution >= 4 is 23.7 Å². The van der Waals surface area contributed by atoms with Crippen LogP contribution in [0.1, 0.15) is 117 Å². The third-order valence-corrected chi connectivity index (χ3v) is 8.64. The molecule has 1 aromatic carbocycles. The average Bonchev–Trinajstić information content (AvgIpc) is 3.03. The summed E-state index contributed by atoms with van der Waals surface area (Å²) in [6, 6.07) is 5.88. The van der Waals surface area contributed by atoms with Gasteiger partial charge in [-0.15, -0.1) is 0 Å². The van der Waals surface area contributed by atoms with Crippen LogP contribution >= 0.6 is 0 Å². The van der Waals surface area contributed by atoms with Crippen LogP contribution in [0.2, 0.25) is 0 Å². The van der Waals surface area contributed by atoms with Crippen LogP contribution in [0.3, 0.4) is 0 Å². The Kier molecular flexibility index (Phi) is 18.5. The summed E-state index contributed by atoms with van der Waals surface area (Å²) in [6.45, 7) is 8.87. The van der Waals surface area contributed by atoms with Gasteiger partial charge in [0.25, 0.3) is 0 Å². The second-order valence-electron chi connectivity index (χ2n) is 13.1. The van der Waals surface area contributed by atoms with Gasteiger partial charge in [-0.1, -0.05) is 122 Å². The fourth-order valence-electron chi connectivity index (χ4n) is 5.59. The molecule has 0 radical (unpaired) electrons. The molecular formula is C36H59N3O7. The smallest absolute Gasteiger partial charge is 0.331 e. The molecule has 0 bridgehead atoms. The molecule has 6 atom stereocenters. The fourth-order valence-corrected chi connectivity index (χ4v) is 5.59. The monoisotopic (exact) mass is 645 g/mol. The second-order valence-corrected chi connectivity index (χ2v) is 13.1. The summed E-state index contributed by atoms with van der Waals surface area (Å²) in [5, 5.41) is 18.4. The third kappa shape index (κ3) is 14.2. The molecule has 260 valence electrons. The van der Waals surface area contributed by atoms with E-state index in [9.17, 15) is 24.3 Å². The predicted octanol–water partition coefficient (Wildman–Crippen LogP) is 4.96. The molecule has 0 aliphatic carbocycles. The highest BCUT2D eigenvalue weighted by molar-refractivity contribution is 5.94. The van der Waals surface area contributed by atoms with E-state index in [1.807, 2.05) is 30.3 Å². The van der Waals surface area contributed by atoms with Crippen LogP contribution in [0, 0.1) is 11.8 Å². The summed E-state index contributed by atoms with van der Waals surface area (Å²) in [4.78, 5) is 53.6. The van der Waals surface area contributed by atoms with Gasteiger partial charge in [0.2, 0.25) is 17.7 Å². The normalized spacial score (nSPS) is 23.8. The molecule has 0 spiro atoms. The first kappa shape index (κ1) is 39.2. The van der Waals surface area contributed by atoms with Gasteiger partial charge in [-0.3, -0.25) is 14.4 Å². The lowest BCUT2D eigenvalue weighted by Crippen LogP contribution is -2.60. The molecule has 4 N–H and O–H groups in total. The van der Waals surface area contributed by atoms with E-state index in [1.54, 1.807) is 20.8 Å². The Bertz CT molecular complexity index is 1050. The van der Waals surface area contributed by atoms with E-state index in [-0.39, 0.29) is 19.1 Å². The number of unbranched alkanes of at least 4 members (excludes halogenated alkanes) is 10. The Hall–Kier alpha value is -2.98. The summed E-state index contributed by atoms with van der Waals surface area (Å²) in [7, 11) is 0. The Balaban J connectivity index is 2.16. The predicted molar refractivity (Wildman–Crippen MR) is 179 cm³/mol. The van der Waals surface area contributed by atoms with Gasteiger partial charge >= 0.3 is 5.97 Å². The van der Waals surface area contributed by atoms with Gasteiger partial charge in [-0.25, -0.2) is 4.79 Å². The quantitative estimate of drug-likeness (QED) is 0.131. The van der Waals surface area contributed by atoms with Crippen LogP contribution in [-0.4, -0.2) is 65.7 Å². The van der Waals surface area contributed by atoms with Gasteiger partial charge in [0.1, 0.15) is 18.2 Å². The van der Waals surface area contributed by atoms with Crippen LogP contribution in [0.25, 0.3) is 0 Å². The van der Waals surface area contributed by atoms with Crippen LogP contribution in [0.4, 0.5) is 0 Å². The van der Waals surface area contributed by atoms with E-state index < -0.39 is 59.9 Å². The van der Waals surface area contributed by atoms with Gasteiger partial charge in [0, 0.05) is 0 Å². The van der Waals surface area contributed by atoms with Gasteiger partial charge in [-0.2, -0.15) is 0 Å². The number of aliphatic hydroxyl groups excluding tert-OH is 1. The molecule has 1 aromatic rings.